The Morgan fingerprint density at radius 2 is 1.77 bits per heavy atom. The standard InChI is InChI=1S/C27H24N4O3S/c1-16-25(35-27(30-16)19-10-12-22(33-2)23(14-19)34-3)26(32)31-24(17-7-5-4-6-8-17)18-9-11-20-21(13-18)29-15-28-20/h4-15,24H,1-3H3,(H,28,29)(H,31,32). The molecule has 0 bridgehead atoms. The average molecular weight is 485 g/mol. The third-order valence-corrected chi connectivity index (χ3v) is 7.02. The molecule has 1 atom stereocenters. The topological polar surface area (TPSA) is 89.1 Å². The van der Waals surface area contributed by atoms with Gasteiger partial charge in [0.15, 0.2) is 11.5 Å². The molecule has 8 heteroatoms. The molecule has 0 aliphatic carbocycles. The lowest BCUT2D eigenvalue weighted by molar-refractivity contribution is 0.0946. The predicted octanol–water partition coefficient (Wildman–Crippen LogP) is 5.53. The lowest BCUT2D eigenvalue weighted by atomic mass is 9.98. The number of aromatic nitrogens is 3. The fraction of sp³-hybridized carbons (Fsp3) is 0.148. The van der Waals surface area contributed by atoms with E-state index in [1.54, 1.807) is 20.5 Å². The lowest BCUT2D eigenvalue weighted by Crippen LogP contribution is -2.29. The van der Waals surface area contributed by atoms with E-state index in [9.17, 15) is 4.79 Å². The first-order valence-electron chi connectivity index (χ1n) is 11.1. The molecule has 176 valence electrons. The minimum atomic E-state index is -0.331. The number of amides is 1. The van der Waals surface area contributed by atoms with E-state index in [0.717, 1.165) is 32.7 Å². The summed E-state index contributed by atoms with van der Waals surface area (Å²) in [6, 6.07) is 21.2. The number of carbonyl (C=O) groups is 1. The van der Waals surface area contributed by atoms with Crippen LogP contribution in [0, 0.1) is 6.92 Å². The molecule has 0 saturated carbocycles. The molecule has 2 heterocycles. The molecule has 5 rings (SSSR count). The molecule has 0 spiro atoms. The molecule has 1 amide bonds. The Hall–Kier alpha value is -4.17. The van der Waals surface area contributed by atoms with E-state index in [1.165, 1.54) is 11.3 Å². The van der Waals surface area contributed by atoms with Crippen molar-refractivity contribution < 1.29 is 14.3 Å². The lowest BCUT2D eigenvalue weighted by Gasteiger charge is -2.20. The van der Waals surface area contributed by atoms with E-state index in [1.807, 2.05) is 73.7 Å². The van der Waals surface area contributed by atoms with E-state index >= 15 is 0 Å². The minimum Gasteiger partial charge on any atom is -0.493 e. The maximum absolute atomic E-state index is 13.5. The molecule has 0 fully saturated rings. The summed E-state index contributed by atoms with van der Waals surface area (Å²) in [7, 11) is 3.19. The Bertz CT molecular complexity index is 1490. The van der Waals surface area contributed by atoms with Crippen LogP contribution >= 0.6 is 11.3 Å². The average Bonchev–Trinajstić information content (AvgIpc) is 3.53. The van der Waals surface area contributed by atoms with Gasteiger partial charge in [-0.1, -0.05) is 36.4 Å². The summed E-state index contributed by atoms with van der Waals surface area (Å²) in [6.45, 7) is 1.85. The quantitative estimate of drug-likeness (QED) is 0.317. The predicted molar refractivity (Wildman–Crippen MR) is 137 cm³/mol. The number of benzene rings is 3. The van der Waals surface area contributed by atoms with Crippen LogP contribution in [-0.2, 0) is 0 Å². The number of ether oxygens (including phenoxy) is 2. The monoisotopic (exact) mass is 484 g/mol. The van der Waals surface area contributed by atoms with E-state index in [2.05, 4.69) is 20.3 Å². The second-order valence-electron chi connectivity index (χ2n) is 8.00. The van der Waals surface area contributed by atoms with Crippen molar-refractivity contribution in [1.82, 2.24) is 20.3 Å². The van der Waals surface area contributed by atoms with Crippen LogP contribution in [0.25, 0.3) is 21.6 Å². The number of methoxy groups -OCH3 is 2. The fourth-order valence-electron chi connectivity index (χ4n) is 4.03. The number of nitrogens with zero attached hydrogens (tertiary/aromatic N) is 2. The zero-order valence-corrected chi connectivity index (χ0v) is 20.3. The van der Waals surface area contributed by atoms with Gasteiger partial charge >= 0.3 is 0 Å². The van der Waals surface area contributed by atoms with Gasteiger partial charge in [0.25, 0.3) is 5.91 Å². The maximum atomic E-state index is 13.5. The van der Waals surface area contributed by atoms with Gasteiger partial charge in [0.05, 0.1) is 43.3 Å². The number of fused-ring (bicyclic) bond motifs is 1. The first-order valence-corrected chi connectivity index (χ1v) is 11.9. The third kappa shape index (κ3) is 4.48. The van der Waals surface area contributed by atoms with Gasteiger partial charge in [-0.3, -0.25) is 4.79 Å². The summed E-state index contributed by atoms with van der Waals surface area (Å²) in [4.78, 5) is 26.2. The molecule has 1 unspecified atom stereocenters. The first-order chi connectivity index (χ1) is 17.1. The molecule has 5 aromatic rings. The van der Waals surface area contributed by atoms with E-state index in [0.29, 0.717) is 22.1 Å². The Kier molecular flexibility index (Phi) is 6.20. The minimum absolute atomic E-state index is 0.176. The Morgan fingerprint density at radius 1 is 0.971 bits per heavy atom. The van der Waals surface area contributed by atoms with Crippen LogP contribution in [0.3, 0.4) is 0 Å². The number of hydrogen-bond acceptors (Lipinski definition) is 6. The van der Waals surface area contributed by atoms with Gasteiger partial charge in [0.2, 0.25) is 0 Å². The van der Waals surface area contributed by atoms with E-state index in [4.69, 9.17) is 9.47 Å². The molecule has 0 aliphatic heterocycles. The smallest absolute Gasteiger partial charge is 0.264 e. The van der Waals surface area contributed by atoms with Crippen LogP contribution in [0.2, 0.25) is 0 Å². The van der Waals surface area contributed by atoms with Crippen molar-refractivity contribution in [3.63, 3.8) is 0 Å². The summed E-state index contributed by atoms with van der Waals surface area (Å²) in [6.07, 6.45) is 1.67. The van der Waals surface area contributed by atoms with Crippen LogP contribution in [0.4, 0.5) is 0 Å². The number of imidazole rings is 1. The highest BCUT2D eigenvalue weighted by Gasteiger charge is 2.22. The Morgan fingerprint density at radius 3 is 2.54 bits per heavy atom. The van der Waals surface area contributed by atoms with Crippen molar-refractivity contribution in [1.29, 1.82) is 0 Å². The van der Waals surface area contributed by atoms with Gasteiger partial charge in [0, 0.05) is 5.56 Å². The van der Waals surface area contributed by atoms with Crippen molar-refractivity contribution in [2.75, 3.05) is 14.2 Å². The zero-order chi connectivity index (χ0) is 24.4. The Labute approximate surface area is 206 Å². The van der Waals surface area contributed by atoms with Crippen molar-refractivity contribution in [3.8, 4) is 22.1 Å². The number of aromatic amines is 1. The van der Waals surface area contributed by atoms with Crippen molar-refractivity contribution >= 4 is 28.3 Å². The van der Waals surface area contributed by atoms with Gasteiger partial charge in [-0.2, -0.15) is 0 Å². The molecule has 0 saturated heterocycles. The van der Waals surface area contributed by atoms with Crippen molar-refractivity contribution in [2.24, 2.45) is 0 Å². The van der Waals surface area contributed by atoms with Gasteiger partial charge < -0.3 is 19.8 Å². The van der Waals surface area contributed by atoms with Gasteiger partial charge in [-0.25, -0.2) is 9.97 Å². The zero-order valence-electron chi connectivity index (χ0n) is 19.5. The molecule has 0 radical (unpaired) electrons. The van der Waals surface area contributed by atoms with E-state index < -0.39 is 0 Å². The number of H-pyrrole nitrogens is 1. The molecule has 2 N–H and O–H groups in total. The molecule has 2 aromatic heterocycles. The number of carbonyl (C=O) groups excluding carboxylic acids is 1. The van der Waals surface area contributed by atoms with Crippen molar-refractivity contribution in [3.05, 3.63) is 94.8 Å². The summed E-state index contributed by atoms with van der Waals surface area (Å²) in [5.74, 6) is 1.08. The second-order valence-corrected chi connectivity index (χ2v) is 9.00. The van der Waals surface area contributed by atoms with Crippen LogP contribution in [0.1, 0.15) is 32.5 Å². The number of thiazole rings is 1. The normalized spacial score (nSPS) is 11.9. The van der Waals surface area contributed by atoms with Crippen LogP contribution in [0.5, 0.6) is 11.5 Å². The first kappa shape index (κ1) is 22.6. The SMILES string of the molecule is COc1ccc(-c2nc(C)c(C(=O)NC(c3ccccc3)c3ccc4nc[nH]c4c3)s2)cc1OC. The molecule has 3 aromatic carbocycles. The molecule has 7 nitrogen and oxygen atoms in total. The maximum Gasteiger partial charge on any atom is 0.264 e. The van der Waals surface area contributed by atoms with Crippen molar-refractivity contribution in [2.45, 2.75) is 13.0 Å². The summed E-state index contributed by atoms with van der Waals surface area (Å²) in [5.41, 5.74) is 5.28. The Balaban J connectivity index is 1.47. The second kappa shape index (κ2) is 9.60. The van der Waals surface area contributed by atoms with Gasteiger partial charge in [-0.15, -0.1) is 11.3 Å². The number of hydrogen-bond donors (Lipinski definition) is 2. The third-order valence-electron chi connectivity index (χ3n) is 5.82. The summed E-state index contributed by atoms with van der Waals surface area (Å²) >= 11 is 1.35. The highest BCUT2D eigenvalue weighted by molar-refractivity contribution is 7.17. The van der Waals surface area contributed by atoms with Crippen LogP contribution < -0.4 is 14.8 Å². The highest BCUT2D eigenvalue weighted by atomic mass is 32.1. The molecular formula is C27H24N4O3S. The molecule has 35 heavy (non-hydrogen) atoms. The number of nitrogens with one attached hydrogen (secondary N) is 2. The largest absolute Gasteiger partial charge is 0.493 e. The molecular weight excluding hydrogens is 460 g/mol. The summed E-state index contributed by atoms with van der Waals surface area (Å²) < 4.78 is 10.8. The van der Waals surface area contributed by atoms with Crippen LogP contribution in [0.15, 0.2) is 73.1 Å². The molecule has 0 aliphatic rings. The fourth-order valence-corrected chi connectivity index (χ4v) is 5.00. The highest BCUT2D eigenvalue weighted by Crippen LogP contribution is 2.35. The summed E-state index contributed by atoms with van der Waals surface area (Å²) in [5, 5.41) is 3.96. The van der Waals surface area contributed by atoms with Gasteiger partial charge in [-0.05, 0) is 48.4 Å². The van der Waals surface area contributed by atoms with Crippen LogP contribution in [-0.4, -0.2) is 35.1 Å². The number of rotatable bonds is 7. The van der Waals surface area contributed by atoms with E-state index in [-0.39, 0.29) is 11.9 Å². The van der Waals surface area contributed by atoms with Gasteiger partial charge in [0.1, 0.15) is 9.88 Å². The number of aryl methyl sites for hydroxylation is 1.